The molecule has 4 rings (SSSR count). The molecule has 2 aromatic carbocycles. The lowest BCUT2D eigenvalue weighted by Gasteiger charge is -2.36. The number of primary amides is 1. The molecule has 0 fully saturated rings. The van der Waals surface area contributed by atoms with Gasteiger partial charge in [0.15, 0.2) is 0 Å². The third-order valence-electron chi connectivity index (χ3n) is 4.74. The SMILES string of the molecule is NC(=O)Nc1ccc(C(=O)N2CCc3sccc3C2c2ccccc2)cc1. The van der Waals surface area contributed by atoms with Crippen molar-refractivity contribution in [2.75, 3.05) is 11.9 Å². The van der Waals surface area contributed by atoms with Gasteiger partial charge in [-0.25, -0.2) is 4.79 Å². The van der Waals surface area contributed by atoms with E-state index >= 15 is 0 Å². The molecule has 2 heterocycles. The van der Waals surface area contributed by atoms with Crippen LogP contribution in [0.1, 0.15) is 32.4 Å². The standard InChI is InChI=1S/C21H19N3O2S/c22-21(26)23-16-8-6-15(7-9-16)20(25)24-12-10-18-17(11-13-27-18)19(24)14-4-2-1-3-5-14/h1-9,11,13,19H,10,12H2,(H3,22,23,26). The first kappa shape index (κ1) is 17.3. The van der Waals surface area contributed by atoms with E-state index in [2.05, 4.69) is 28.9 Å². The third kappa shape index (κ3) is 3.44. The van der Waals surface area contributed by atoms with Gasteiger partial charge in [-0.05, 0) is 53.3 Å². The largest absolute Gasteiger partial charge is 0.351 e. The number of hydrogen-bond acceptors (Lipinski definition) is 3. The molecule has 3 N–H and O–H groups in total. The van der Waals surface area contributed by atoms with Crippen molar-refractivity contribution in [1.82, 2.24) is 4.90 Å². The minimum absolute atomic E-state index is 0.0219. The fourth-order valence-electron chi connectivity index (χ4n) is 3.53. The highest BCUT2D eigenvalue weighted by Crippen LogP contribution is 2.38. The summed E-state index contributed by atoms with van der Waals surface area (Å²) >= 11 is 1.75. The quantitative estimate of drug-likeness (QED) is 0.723. The van der Waals surface area contributed by atoms with Crippen LogP contribution in [-0.4, -0.2) is 23.4 Å². The molecule has 3 amide bonds. The fraction of sp³-hybridized carbons (Fsp3) is 0.143. The Morgan fingerprint density at radius 2 is 1.78 bits per heavy atom. The molecule has 0 aliphatic carbocycles. The number of anilines is 1. The summed E-state index contributed by atoms with van der Waals surface area (Å²) in [5.74, 6) is -0.0219. The Labute approximate surface area is 161 Å². The zero-order valence-electron chi connectivity index (χ0n) is 14.6. The van der Waals surface area contributed by atoms with Crippen LogP contribution >= 0.6 is 11.3 Å². The maximum Gasteiger partial charge on any atom is 0.316 e. The molecule has 0 radical (unpaired) electrons. The van der Waals surface area contributed by atoms with Gasteiger partial charge in [-0.1, -0.05) is 30.3 Å². The van der Waals surface area contributed by atoms with Gasteiger partial charge in [0.05, 0.1) is 6.04 Å². The van der Waals surface area contributed by atoms with E-state index < -0.39 is 6.03 Å². The number of fused-ring (bicyclic) bond motifs is 1. The maximum absolute atomic E-state index is 13.3. The summed E-state index contributed by atoms with van der Waals surface area (Å²) in [6.45, 7) is 0.674. The van der Waals surface area contributed by atoms with Crippen LogP contribution in [0.15, 0.2) is 66.0 Å². The van der Waals surface area contributed by atoms with Gasteiger partial charge in [0.1, 0.15) is 0 Å². The lowest BCUT2D eigenvalue weighted by atomic mass is 9.92. The summed E-state index contributed by atoms with van der Waals surface area (Å²) in [4.78, 5) is 27.5. The number of rotatable bonds is 3. The monoisotopic (exact) mass is 377 g/mol. The number of benzene rings is 2. The first-order valence-corrected chi connectivity index (χ1v) is 9.60. The van der Waals surface area contributed by atoms with Crippen molar-refractivity contribution in [3.05, 3.63) is 87.6 Å². The Bertz CT molecular complexity index is 967. The van der Waals surface area contributed by atoms with E-state index in [4.69, 9.17) is 5.73 Å². The molecular weight excluding hydrogens is 358 g/mol. The molecule has 5 nitrogen and oxygen atoms in total. The summed E-state index contributed by atoms with van der Waals surface area (Å²) in [7, 11) is 0. The number of nitrogens with two attached hydrogens (primary N) is 1. The molecule has 3 aromatic rings. The lowest BCUT2D eigenvalue weighted by Crippen LogP contribution is -2.40. The highest BCUT2D eigenvalue weighted by atomic mass is 32.1. The van der Waals surface area contributed by atoms with Gasteiger partial charge < -0.3 is 16.0 Å². The second kappa shape index (κ2) is 7.25. The minimum Gasteiger partial charge on any atom is -0.351 e. The predicted octanol–water partition coefficient (Wildman–Crippen LogP) is 4.03. The normalized spacial score (nSPS) is 15.9. The molecule has 136 valence electrons. The average molecular weight is 377 g/mol. The van der Waals surface area contributed by atoms with Crippen molar-refractivity contribution in [3.63, 3.8) is 0 Å². The van der Waals surface area contributed by atoms with E-state index in [-0.39, 0.29) is 11.9 Å². The topological polar surface area (TPSA) is 75.4 Å². The molecule has 1 unspecified atom stereocenters. The van der Waals surface area contributed by atoms with E-state index in [0.717, 1.165) is 12.0 Å². The van der Waals surface area contributed by atoms with Crippen LogP contribution < -0.4 is 11.1 Å². The van der Waals surface area contributed by atoms with Gasteiger partial charge in [-0.3, -0.25) is 4.79 Å². The summed E-state index contributed by atoms with van der Waals surface area (Å²) < 4.78 is 0. The molecule has 1 atom stereocenters. The Balaban J connectivity index is 1.67. The van der Waals surface area contributed by atoms with Gasteiger partial charge >= 0.3 is 6.03 Å². The van der Waals surface area contributed by atoms with Crippen LogP contribution in [0.25, 0.3) is 0 Å². The van der Waals surface area contributed by atoms with E-state index in [1.165, 1.54) is 10.4 Å². The molecule has 6 heteroatoms. The maximum atomic E-state index is 13.3. The highest BCUT2D eigenvalue weighted by molar-refractivity contribution is 7.10. The molecule has 1 aliphatic rings. The Kier molecular flexibility index (Phi) is 4.64. The zero-order valence-corrected chi connectivity index (χ0v) is 15.4. The fourth-order valence-corrected chi connectivity index (χ4v) is 4.44. The van der Waals surface area contributed by atoms with Gasteiger partial charge in [0, 0.05) is 22.7 Å². The molecule has 0 spiro atoms. The van der Waals surface area contributed by atoms with Crippen LogP contribution in [0.4, 0.5) is 10.5 Å². The number of nitrogens with zero attached hydrogens (tertiary/aromatic N) is 1. The first-order valence-electron chi connectivity index (χ1n) is 8.72. The third-order valence-corrected chi connectivity index (χ3v) is 5.74. The Morgan fingerprint density at radius 3 is 2.48 bits per heavy atom. The number of nitrogens with one attached hydrogen (secondary N) is 1. The molecule has 1 aliphatic heterocycles. The molecule has 1 aromatic heterocycles. The van der Waals surface area contributed by atoms with E-state index in [1.807, 2.05) is 23.1 Å². The molecule has 0 saturated heterocycles. The van der Waals surface area contributed by atoms with Crippen molar-refractivity contribution >= 4 is 29.0 Å². The zero-order chi connectivity index (χ0) is 18.8. The summed E-state index contributed by atoms with van der Waals surface area (Å²) in [5.41, 5.74) is 8.60. The van der Waals surface area contributed by atoms with Crippen molar-refractivity contribution in [2.24, 2.45) is 5.73 Å². The second-order valence-electron chi connectivity index (χ2n) is 6.43. The van der Waals surface area contributed by atoms with Gasteiger partial charge in [0.25, 0.3) is 5.91 Å². The number of urea groups is 1. The number of carbonyl (C=O) groups excluding carboxylic acids is 2. The molecule has 0 saturated carbocycles. The predicted molar refractivity (Wildman–Crippen MR) is 107 cm³/mol. The smallest absolute Gasteiger partial charge is 0.316 e. The van der Waals surface area contributed by atoms with Crippen LogP contribution in [0.3, 0.4) is 0 Å². The lowest BCUT2D eigenvalue weighted by molar-refractivity contribution is 0.0696. The Morgan fingerprint density at radius 1 is 1.04 bits per heavy atom. The van der Waals surface area contributed by atoms with Gasteiger partial charge in [0.2, 0.25) is 0 Å². The Hall–Kier alpha value is -3.12. The van der Waals surface area contributed by atoms with Gasteiger partial charge in [-0.2, -0.15) is 0 Å². The van der Waals surface area contributed by atoms with Crippen molar-refractivity contribution in [1.29, 1.82) is 0 Å². The molecular formula is C21H19N3O2S. The number of hydrogen-bond donors (Lipinski definition) is 2. The number of carbonyl (C=O) groups is 2. The van der Waals surface area contributed by atoms with E-state index in [1.54, 1.807) is 35.6 Å². The van der Waals surface area contributed by atoms with Gasteiger partial charge in [-0.15, -0.1) is 11.3 Å². The minimum atomic E-state index is -0.626. The average Bonchev–Trinajstić information content (AvgIpc) is 3.16. The summed E-state index contributed by atoms with van der Waals surface area (Å²) in [6, 6.07) is 18.4. The van der Waals surface area contributed by atoms with Crippen molar-refractivity contribution in [2.45, 2.75) is 12.5 Å². The summed E-state index contributed by atoms with van der Waals surface area (Å²) in [5, 5.41) is 4.61. The van der Waals surface area contributed by atoms with E-state index in [9.17, 15) is 9.59 Å². The number of amides is 3. The van der Waals surface area contributed by atoms with Crippen LogP contribution in [0, 0.1) is 0 Å². The molecule has 0 bridgehead atoms. The molecule has 27 heavy (non-hydrogen) atoms. The first-order chi connectivity index (χ1) is 13.1. The van der Waals surface area contributed by atoms with Crippen molar-refractivity contribution in [3.8, 4) is 0 Å². The van der Waals surface area contributed by atoms with Crippen molar-refractivity contribution < 1.29 is 9.59 Å². The highest BCUT2D eigenvalue weighted by Gasteiger charge is 2.33. The van der Waals surface area contributed by atoms with Crippen LogP contribution in [-0.2, 0) is 6.42 Å². The van der Waals surface area contributed by atoms with Crippen LogP contribution in [0.5, 0.6) is 0 Å². The summed E-state index contributed by atoms with van der Waals surface area (Å²) in [6.07, 6.45) is 0.864. The van der Waals surface area contributed by atoms with E-state index in [0.29, 0.717) is 17.8 Å². The second-order valence-corrected chi connectivity index (χ2v) is 7.43. The number of thiophene rings is 1. The van der Waals surface area contributed by atoms with Crippen LogP contribution in [0.2, 0.25) is 0 Å².